The zero-order valence-electron chi connectivity index (χ0n) is 28.5. The number of phenols is 1. The molecule has 2 aliphatic heterocycles. The SMILES string of the molecule is COCCCN1C(=O)COc2ccc(N(C(=O)[C@H]3CN(C(=O)OC(C)(C)C)CC[C@@H]3c3cccc(-c4ccc(F)c(O)c4)c3)C3CC3)cc21. The number of nitrogens with zero attached hydrogens (tertiary/aromatic N) is 3. The summed E-state index contributed by atoms with van der Waals surface area (Å²) in [7, 11) is 1.62. The van der Waals surface area contributed by atoms with Gasteiger partial charge in [0, 0.05) is 45.1 Å². The molecule has 49 heavy (non-hydrogen) atoms. The maximum Gasteiger partial charge on any atom is 0.410 e. The average Bonchev–Trinajstić information content (AvgIpc) is 3.91. The number of ether oxygens (including phenoxy) is 3. The van der Waals surface area contributed by atoms with Crippen molar-refractivity contribution >= 4 is 29.3 Å². The highest BCUT2D eigenvalue weighted by Gasteiger charge is 2.44. The molecule has 2 fully saturated rings. The van der Waals surface area contributed by atoms with E-state index in [1.54, 1.807) is 23.0 Å². The third kappa shape index (κ3) is 7.67. The van der Waals surface area contributed by atoms with E-state index in [9.17, 15) is 23.9 Å². The van der Waals surface area contributed by atoms with Gasteiger partial charge in [-0.1, -0.05) is 30.3 Å². The molecule has 0 spiro atoms. The minimum atomic E-state index is -0.698. The van der Waals surface area contributed by atoms with Crippen molar-refractivity contribution in [2.45, 2.75) is 64.0 Å². The number of amides is 3. The lowest BCUT2D eigenvalue weighted by molar-refractivity contribution is -0.124. The molecule has 2 heterocycles. The molecule has 11 heteroatoms. The van der Waals surface area contributed by atoms with Crippen molar-refractivity contribution in [2.75, 3.05) is 49.8 Å². The van der Waals surface area contributed by atoms with Crippen LogP contribution in [0.3, 0.4) is 0 Å². The highest BCUT2D eigenvalue weighted by Crippen LogP contribution is 2.43. The molecule has 3 aromatic carbocycles. The number of benzene rings is 3. The molecule has 260 valence electrons. The first-order valence-electron chi connectivity index (χ1n) is 16.9. The van der Waals surface area contributed by atoms with Crippen molar-refractivity contribution in [1.82, 2.24) is 4.90 Å². The number of phenolic OH excluding ortho intramolecular Hbond substituents is 1. The monoisotopic (exact) mass is 673 g/mol. The van der Waals surface area contributed by atoms with E-state index < -0.39 is 29.2 Å². The Balaban J connectivity index is 1.35. The van der Waals surface area contributed by atoms with E-state index >= 15 is 0 Å². The van der Waals surface area contributed by atoms with Crippen LogP contribution in [-0.4, -0.2) is 79.5 Å². The minimum absolute atomic E-state index is 0.0150. The number of methoxy groups -OCH3 is 1. The van der Waals surface area contributed by atoms with Crippen LogP contribution in [0.25, 0.3) is 11.1 Å². The number of halogens is 1. The summed E-state index contributed by atoms with van der Waals surface area (Å²) >= 11 is 0. The highest BCUT2D eigenvalue weighted by atomic mass is 19.1. The molecule has 6 rings (SSSR count). The van der Waals surface area contributed by atoms with Gasteiger partial charge in [0.25, 0.3) is 5.91 Å². The number of carbonyl (C=O) groups excluding carboxylic acids is 3. The Kier molecular flexibility index (Phi) is 9.83. The predicted molar refractivity (Wildman–Crippen MR) is 183 cm³/mol. The molecular weight excluding hydrogens is 629 g/mol. The summed E-state index contributed by atoms with van der Waals surface area (Å²) in [5.41, 5.74) is 2.93. The third-order valence-corrected chi connectivity index (χ3v) is 9.22. The lowest BCUT2D eigenvalue weighted by Gasteiger charge is -2.41. The Morgan fingerprint density at radius 3 is 2.53 bits per heavy atom. The second kappa shape index (κ2) is 14.1. The fourth-order valence-electron chi connectivity index (χ4n) is 6.72. The smallest absolute Gasteiger partial charge is 0.410 e. The van der Waals surface area contributed by atoms with Gasteiger partial charge in [-0.2, -0.15) is 0 Å². The normalized spacial score (nSPS) is 19.2. The van der Waals surface area contributed by atoms with Gasteiger partial charge in [0.1, 0.15) is 11.4 Å². The van der Waals surface area contributed by atoms with E-state index in [-0.39, 0.29) is 36.9 Å². The molecule has 0 bridgehead atoms. The molecule has 3 amide bonds. The molecular formula is C38H44FN3O7. The maximum atomic E-state index is 14.9. The van der Waals surface area contributed by atoms with Gasteiger partial charge in [-0.25, -0.2) is 9.18 Å². The molecule has 1 aliphatic carbocycles. The molecule has 1 saturated heterocycles. The van der Waals surface area contributed by atoms with Gasteiger partial charge in [0.05, 0.1) is 11.6 Å². The molecule has 1 saturated carbocycles. The first kappa shape index (κ1) is 34.2. The lowest BCUT2D eigenvalue weighted by Crippen LogP contribution is -2.51. The first-order valence-corrected chi connectivity index (χ1v) is 16.9. The molecule has 0 unspecified atom stereocenters. The number of carbonyl (C=O) groups is 3. The molecule has 0 radical (unpaired) electrons. The summed E-state index contributed by atoms with van der Waals surface area (Å²) in [6.45, 7) is 6.94. The summed E-state index contributed by atoms with van der Waals surface area (Å²) < 4.78 is 30.5. The van der Waals surface area contributed by atoms with E-state index in [0.29, 0.717) is 55.2 Å². The van der Waals surface area contributed by atoms with Crippen LogP contribution in [0, 0.1) is 11.7 Å². The van der Waals surface area contributed by atoms with Gasteiger partial charge in [-0.3, -0.25) is 9.59 Å². The van der Waals surface area contributed by atoms with Gasteiger partial charge in [0.2, 0.25) is 5.91 Å². The van der Waals surface area contributed by atoms with E-state index in [0.717, 1.165) is 24.0 Å². The Labute approximate surface area is 286 Å². The van der Waals surface area contributed by atoms with Crippen LogP contribution >= 0.6 is 0 Å². The van der Waals surface area contributed by atoms with Crippen molar-refractivity contribution < 1.29 is 38.1 Å². The number of likely N-dealkylation sites (tertiary alicyclic amines) is 1. The van der Waals surface area contributed by atoms with E-state index in [1.807, 2.05) is 68.1 Å². The van der Waals surface area contributed by atoms with Crippen molar-refractivity contribution in [2.24, 2.45) is 5.92 Å². The van der Waals surface area contributed by atoms with Crippen molar-refractivity contribution in [3.8, 4) is 22.6 Å². The van der Waals surface area contributed by atoms with Crippen LogP contribution in [0.2, 0.25) is 0 Å². The molecule has 0 aromatic heterocycles. The molecule has 3 aliphatic rings. The van der Waals surface area contributed by atoms with Crippen LogP contribution < -0.4 is 14.5 Å². The van der Waals surface area contributed by atoms with E-state index in [1.165, 1.54) is 12.1 Å². The van der Waals surface area contributed by atoms with Crippen LogP contribution in [-0.2, 0) is 19.1 Å². The quantitative estimate of drug-likeness (QED) is 0.259. The fraction of sp³-hybridized carbons (Fsp3) is 0.447. The Morgan fingerprint density at radius 1 is 1.04 bits per heavy atom. The Hall–Kier alpha value is -4.64. The van der Waals surface area contributed by atoms with Crippen molar-refractivity contribution in [3.05, 3.63) is 72.0 Å². The van der Waals surface area contributed by atoms with E-state index in [2.05, 4.69) is 0 Å². The van der Waals surface area contributed by atoms with Gasteiger partial charge in [-0.15, -0.1) is 0 Å². The minimum Gasteiger partial charge on any atom is -0.505 e. The standard InChI is InChI=1S/C38H44FN3O7/c1-38(2,3)49-37(46)40-17-15-29(26-8-5-7-24(19-26)25-9-13-31(39)33(43)20-25)30(22-40)36(45)42(27-10-11-27)28-12-14-34-32(21-28)41(16-6-18-47-4)35(44)23-48-34/h5,7-9,12-14,19-21,27,29-30,43H,6,10-11,15-18,22-23H2,1-4H3/t29-,30+/m1/s1. The number of fused-ring (bicyclic) bond motifs is 1. The van der Waals surface area contributed by atoms with Gasteiger partial charge < -0.3 is 34.0 Å². The lowest BCUT2D eigenvalue weighted by atomic mass is 9.78. The predicted octanol–water partition coefficient (Wildman–Crippen LogP) is 6.50. The number of hydrogen-bond acceptors (Lipinski definition) is 7. The summed E-state index contributed by atoms with van der Waals surface area (Å²) in [4.78, 5) is 46.3. The average molecular weight is 674 g/mol. The fourth-order valence-corrected chi connectivity index (χ4v) is 6.72. The van der Waals surface area contributed by atoms with E-state index in [4.69, 9.17) is 14.2 Å². The molecule has 10 nitrogen and oxygen atoms in total. The molecule has 2 atom stereocenters. The van der Waals surface area contributed by atoms with Crippen LogP contribution in [0.15, 0.2) is 60.7 Å². The van der Waals surface area contributed by atoms with Crippen molar-refractivity contribution in [3.63, 3.8) is 0 Å². The summed E-state index contributed by atoms with van der Waals surface area (Å²) in [5.74, 6) is -1.66. The number of aromatic hydroxyl groups is 1. The number of rotatable bonds is 9. The Bertz CT molecular complexity index is 1720. The largest absolute Gasteiger partial charge is 0.505 e. The van der Waals surface area contributed by atoms with Crippen LogP contribution in [0.1, 0.15) is 57.9 Å². The topological polar surface area (TPSA) is 109 Å². The summed E-state index contributed by atoms with van der Waals surface area (Å²) in [6, 6.07) is 17.5. The van der Waals surface area contributed by atoms with Gasteiger partial charge in [0.15, 0.2) is 18.2 Å². The van der Waals surface area contributed by atoms with Gasteiger partial charge in [-0.05, 0) is 99.4 Å². The van der Waals surface area contributed by atoms with Crippen LogP contribution in [0.5, 0.6) is 11.5 Å². The second-order valence-electron chi connectivity index (χ2n) is 14.0. The molecule has 3 aromatic rings. The van der Waals surface area contributed by atoms with Gasteiger partial charge >= 0.3 is 6.09 Å². The Morgan fingerprint density at radius 2 is 1.82 bits per heavy atom. The number of piperidine rings is 1. The first-order chi connectivity index (χ1) is 23.4. The third-order valence-electron chi connectivity index (χ3n) is 9.22. The number of hydrogen-bond donors (Lipinski definition) is 1. The summed E-state index contributed by atoms with van der Waals surface area (Å²) in [6.07, 6.45) is 2.39. The zero-order chi connectivity index (χ0) is 34.9. The van der Waals surface area contributed by atoms with Crippen molar-refractivity contribution in [1.29, 1.82) is 0 Å². The summed E-state index contributed by atoms with van der Waals surface area (Å²) in [5, 5.41) is 10.0. The zero-order valence-corrected chi connectivity index (χ0v) is 28.5. The van der Waals surface area contributed by atoms with Crippen LogP contribution in [0.4, 0.5) is 20.6 Å². The maximum absolute atomic E-state index is 14.9. The number of anilines is 2. The molecule has 1 N–H and O–H groups in total. The highest BCUT2D eigenvalue weighted by molar-refractivity contribution is 6.01. The second-order valence-corrected chi connectivity index (χ2v) is 14.0.